The summed E-state index contributed by atoms with van der Waals surface area (Å²) in [5, 5.41) is 24.9. The molecular formula is C20H26N4O4. The van der Waals surface area contributed by atoms with Gasteiger partial charge < -0.3 is 15.1 Å². The molecule has 1 saturated carbocycles. The third kappa shape index (κ3) is 2.96. The van der Waals surface area contributed by atoms with E-state index in [0.29, 0.717) is 35.8 Å². The average molecular weight is 386 g/mol. The molecule has 2 atom stereocenters. The van der Waals surface area contributed by atoms with Gasteiger partial charge in [-0.2, -0.15) is 5.10 Å². The number of aliphatic carboxylic acids is 1. The van der Waals surface area contributed by atoms with Crippen LogP contribution in [0.25, 0.3) is 5.65 Å². The molecule has 1 saturated heterocycles. The van der Waals surface area contributed by atoms with Gasteiger partial charge in [0.15, 0.2) is 5.65 Å². The number of likely N-dealkylation sites (tertiary alicyclic amines) is 1. The molecule has 3 heterocycles. The number of aryl methyl sites for hydroxylation is 3. The van der Waals surface area contributed by atoms with E-state index in [-0.39, 0.29) is 18.9 Å². The van der Waals surface area contributed by atoms with E-state index < -0.39 is 17.5 Å². The number of hydrogen-bond donors (Lipinski definition) is 2. The molecule has 8 nitrogen and oxygen atoms in total. The van der Waals surface area contributed by atoms with Crippen LogP contribution in [0.15, 0.2) is 6.07 Å². The number of aliphatic hydroxyl groups is 1. The van der Waals surface area contributed by atoms with E-state index in [1.807, 2.05) is 19.9 Å². The second-order valence-electron chi connectivity index (χ2n) is 8.37. The first-order valence-corrected chi connectivity index (χ1v) is 9.77. The number of carboxylic acids is 1. The van der Waals surface area contributed by atoms with Crippen LogP contribution in [0.5, 0.6) is 0 Å². The fourth-order valence-corrected chi connectivity index (χ4v) is 4.42. The summed E-state index contributed by atoms with van der Waals surface area (Å²) in [7, 11) is 0. The van der Waals surface area contributed by atoms with E-state index in [1.165, 1.54) is 0 Å². The third-order valence-electron chi connectivity index (χ3n) is 6.13. The number of rotatable bonds is 4. The van der Waals surface area contributed by atoms with Gasteiger partial charge in [-0.05, 0) is 45.6 Å². The smallest absolute Gasteiger partial charge is 0.314 e. The van der Waals surface area contributed by atoms with Crippen LogP contribution in [0, 0.1) is 32.1 Å². The SMILES string of the molecule is Cc1cc(C)n2nc(C)c(C(=O)N3CC[C@@H](O)[C@](CC4CC4)(C(=O)O)C3)c2n1. The van der Waals surface area contributed by atoms with Crippen molar-refractivity contribution in [2.75, 3.05) is 13.1 Å². The number of aliphatic hydroxyl groups excluding tert-OH is 1. The maximum absolute atomic E-state index is 13.4. The minimum Gasteiger partial charge on any atom is -0.481 e. The second kappa shape index (κ2) is 6.55. The van der Waals surface area contributed by atoms with E-state index >= 15 is 0 Å². The van der Waals surface area contributed by atoms with Crippen LogP contribution in [0.1, 0.15) is 53.1 Å². The Morgan fingerprint density at radius 3 is 2.61 bits per heavy atom. The molecule has 2 aliphatic rings. The highest BCUT2D eigenvalue weighted by Crippen LogP contribution is 2.45. The molecule has 150 valence electrons. The standard InChI is InChI=1S/C20H26N4O4/c1-11-8-12(2)24-17(21-11)16(13(3)22-24)18(26)23-7-6-15(25)20(10-23,19(27)28)9-14-4-5-14/h8,14-15,25H,4-7,9-10H2,1-3H3,(H,27,28)/t15-,20-/m1/s1. The number of carbonyl (C=O) groups is 2. The van der Waals surface area contributed by atoms with Crippen molar-refractivity contribution in [3.05, 3.63) is 28.7 Å². The number of carboxylic acid groups (broad SMARTS) is 1. The summed E-state index contributed by atoms with van der Waals surface area (Å²) in [4.78, 5) is 31.6. The maximum atomic E-state index is 13.4. The summed E-state index contributed by atoms with van der Waals surface area (Å²) < 4.78 is 1.66. The summed E-state index contributed by atoms with van der Waals surface area (Å²) >= 11 is 0. The van der Waals surface area contributed by atoms with Gasteiger partial charge in [-0.3, -0.25) is 9.59 Å². The molecule has 8 heteroatoms. The van der Waals surface area contributed by atoms with E-state index in [9.17, 15) is 19.8 Å². The molecule has 0 bridgehead atoms. The van der Waals surface area contributed by atoms with Crippen molar-refractivity contribution in [3.8, 4) is 0 Å². The maximum Gasteiger partial charge on any atom is 0.314 e. The van der Waals surface area contributed by atoms with Gasteiger partial charge in [0.2, 0.25) is 0 Å². The molecular weight excluding hydrogens is 360 g/mol. The predicted octanol–water partition coefficient (Wildman–Crippen LogP) is 1.73. The molecule has 2 fully saturated rings. The first-order valence-electron chi connectivity index (χ1n) is 9.77. The van der Waals surface area contributed by atoms with Crippen LogP contribution in [0.2, 0.25) is 0 Å². The molecule has 1 amide bonds. The van der Waals surface area contributed by atoms with E-state index in [2.05, 4.69) is 10.1 Å². The van der Waals surface area contributed by atoms with Crippen molar-refractivity contribution in [1.82, 2.24) is 19.5 Å². The van der Waals surface area contributed by atoms with Gasteiger partial charge in [-0.25, -0.2) is 9.50 Å². The Labute approximate surface area is 163 Å². The molecule has 2 N–H and O–H groups in total. The van der Waals surface area contributed by atoms with Gasteiger partial charge in [0, 0.05) is 24.5 Å². The number of amides is 1. The zero-order chi connectivity index (χ0) is 20.2. The van der Waals surface area contributed by atoms with Gasteiger partial charge in [-0.15, -0.1) is 0 Å². The van der Waals surface area contributed by atoms with Crippen molar-refractivity contribution in [2.45, 2.75) is 52.6 Å². The van der Waals surface area contributed by atoms with Crippen molar-refractivity contribution >= 4 is 17.5 Å². The molecule has 2 aromatic rings. The molecule has 2 aromatic heterocycles. The summed E-state index contributed by atoms with van der Waals surface area (Å²) in [6.07, 6.45) is 1.71. The zero-order valence-corrected chi connectivity index (χ0v) is 16.5. The highest BCUT2D eigenvalue weighted by Gasteiger charge is 2.52. The van der Waals surface area contributed by atoms with Crippen molar-refractivity contribution < 1.29 is 19.8 Å². The molecule has 4 rings (SSSR count). The van der Waals surface area contributed by atoms with Crippen LogP contribution in [0.3, 0.4) is 0 Å². The van der Waals surface area contributed by atoms with Gasteiger partial charge in [0.25, 0.3) is 5.91 Å². The van der Waals surface area contributed by atoms with Gasteiger partial charge in [0.1, 0.15) is 11.0 Å². The van der Waals surface area contributed by atoms with Crippen LogP contribution >= 0.6 is 0 Å². The van der Waals surface area contributed by atoms with Crippen molar-refractivity contribution in [2.24, 2.45) is 11.3 Å². The largest absolute Gasteiger partial charge is 0.481 e. The topological polar surface area (TPSA) is 108 Å². The monoisotopic (exact) mass is 386 g/mol. The fourth-order valence-electron chi connectivity index (χ4n) is 4.42. The van der Waals surface area contributed by atoms with Crippen LogP contribution in [-0.2, 0) is 4.79 Å². The Kier molecular flexibility index (Phi) is 4.41. The lowest BCUT2D eigenvalue weighted by Crippen LogP contribution is -2.57. The first-order chi connectivity index (χ1) is 13.2. The van der Waals surface area contributed by atoms with E-state index in [4.69, 9.17) is 0 Å². The lowest BCUT2D eigenvalue weighted by Gasteiger charge is -2.43. The van der Waals surface area contributed by atoms with E-state index in [1.54, 1.807) is 16.3 Å². The number of carbonyl (C=O) groups excluding carboxylic acids is 1. The molecule has 0 unspecified atom stereocenters. The van der Waals surface area contributed by atoms with Crippen LogP contribution < -0.4 is 0 Å². The Bertz CT molecular complexity index is 965. The van der Waals surface area contributed by atoms with Gasteiger partial charge in [-0.1, -0.05) is 12.8 Å². The van der Waals surface area contributed by atoms with Gasteiger partial charge >= 0.3 is 5.97 Å². The fraction of sp³-hybridized carbons (Fsp3) is 0.600. The lowest BCUT2D eigenvalue weighted by molar-refractivity contribution is -0.163. The quantitative estimate of drug-likeness (QED) is 0.829. The highest BCUT2D eigenvalue weighted by atomic mass is 16.4. The number of fused-ring (bicyclic) bond motifs is 1. The predicted molar refractivity (Wildman–Crippen MR) is 101 cm³/mol. The third-order valence-corrected chi connectivity index (χ3v) is 6.13. The van der Waals surface area contributed by atoms with Crippen LogP contribution in [0.4, 0.5) is 0 Å². The molecule has 28 heavy (non-hydrogen) atoms. The zero-order valence-electron chi connectivity index (χ0n) is 16.5. The number of nitrogens with zero attached hydrogens (tertiary/aromatic N) is 4. The first kappa shape index (κ1) is 18.9. The average Bonchev–Trinajstić information content (AvgIpc) is 3.37. The second-order valence-corrected chi connectivity index (χ2v) is 8.37. The van der Waals surface area contributed by atoms with Crippen molar-refractivity contribution in [1.29, 1.82) is 0 Å². The highest BCUT2D eigenvalue weighted by molar-refractivity contribution is 6.01. The normalized spacial score (nSPS) is 25.3. The summed E-state index contributed by atoms with van der Waals surface area (Å²) in [5.74, 6) is -0.962. The van der Waals surface area contributed by atoms with Gasteiger partial charge in [0.05, 0.1) is 11.8 Å². The number of piperidine rings is 1. The van der Waals surface area contributed by atoms with E-state index in [0.717, 1.165) is 24.2 Å². The minimum absolute atomic E-state index is 0.0143. The molecule has 1 aliphatic carbocycles. The number of hydrogen-bond acceptors (Lipinski definition) is 5. The Balaban J connectivity index is 1.71. The Morgan fingerprint density at radius 2 is 1.96 bits per heavy atom. The molecule has 0 radical (unpaired) electrons. The Morgan fingerprint density at radius 1 is 1.25 bits per heavy atom. The van der Waals surface area contributed by atoms with Crippen molar-refractivity contribution in [3.63, 3.8) is 0 Å². The molecule has 0 aromatic carbocycles. The lowest BCUT2D eigenvalue weighted by atomic mass is 9.73. The summed E-state index contributed by atoms with van der Waals surface area (Å²) in [6, 6.07) is 1.90. The van der Waals surface area contributed by atoms with Crippen LogP contribution in [-0.4, -0.2) is 60.8 Å². The minimum atomic E-state index is -1.30. The Hall–Kier alpha value is -2.48. The molecule has 0 spiro atoms. The molecule has 1 aliphatic heterocycles. The summed E-state index contributed by atoms with van der Waals surface area (Å²) in [5.41, 5.74) is 1.85. The number of aromatic nitrogens is 3. The summed E-state index contributed by atoms with van der Waals surface area (Å²) in [6.45, 7) is 5.88.